The Morgan fingerprint density at radius 1 is 0.500 bits per heavy atom. The Kier molecular flexibility index (Phi) is 20.9. The van der Waals surface area contributed by atoms with Crippen LogP contribution in [0.4, 0.5) is 0 Å². The number of carbonyl (C=O) groups is 5. The van der Waals surface area contributed by atoms with Gasteiger partial charge < -0.3 is 23.7 Å². The number of unbranched alkanes of at least 4 members (excludes halogenated alkanes) is 1. The van der Waals surface area contributed by atoms with Crippen LogP contribution in [0.25, 0.3) is 0 Å². The first-order chi connectivity index (χ1) is 19.0. The van der Waals surface area contributed by atoms with Crippen LogP contribution in [0.15, 0.2) is 63.3 Å². The first-order valence-corrected chi connectivity index (χ1v) is 12.9. The third-order valence-corrected chi connectivity index (χ3v) is 6.00. The van der Waals surface area contributed by atoms with Crippen molar-refractivity contribution >= 4 is 29.8 Å². The number of rotatable bonds is 20. The molecule has 0 aromatic heterocycles. The number of ether oxygens (including phenoxy) is 5. The Labute approximate surface area is 237 Å². The summed E-state index contributed by atoms with van der Waals surface area (Å²) < 4.78 is 25.2. The smallest absolute Gasteiger partial charge is 0.330 e. The van der Waals surface area contributed by atoms with Gasteiger partial charge in [0.05, 0.1) is 5.41 Å². The van der Waals surface area contributed by atoms with Crippen LogP contribution < -0.4 is 0 Å². The van der Waals surface area contributed by atoms with Gasteiger partial charge in [0.25, 0.3) is 0 Å². The van der Waals surface area contributed by atoms with Crippen LogP contribution in [0.5, 0.6) is 0 Å². The first-order valence-electron chi connectivity index (χ1n) is 12.9. The van der Waals surface area contributed by atoms with Gasteiger partial charge in [-0.05, 0) is 19.3 Å². The van der Waals surface area contributed by atoms with E-state index in [1.807, 2.05) is 6.92 Å². The molecule has 0 aliphatic carbocycles. The van der Waals surface area contributed by atoms with Crippen molar-refractivity contribution in [1.82, 2.24) is 0 Å². The number of carbonyl (C=O) groups excluding carboxylic acids is 5. The molecule has 0 heterocycles. The third-order valence-electron chi connectivity index (χ3n) is 6.00. The minimum atomic E-state index is -0.837. The van der Waals surface area contributed by atoms with Gasteiger partial charge in [-0.1, -0.05) is 66.5 Å². The highest BCUT2D eigenvalue weighted by Gasteiger charge is 2.34. The Hall–Kier alpha value is -3.95. The Balaban J connectivity index is 0. The zero-order chi connectivity index (χ0) is 31.0. The highest BCUT2D eigenvalue weighted by Crippen LogP contribution is 2.30. The molecule has 0 aromatic carbocycles. The molecule has 0 aliphatic heterocycles. The van der Waals surface area contributed by atoms with Gasteiger partial charge in [-0.3, -0.25) is 0 Å². The monoisotopic (exact) mass is 564 g/mol. The number of hydrogen-bond acceptors (Lipinski definition) is 10. The molecule has 0 N–H and O–H groups in total. The predicted octanol–water partition coefficient (Wildman–Crippen LogP) is 4.60. The Morgan fingerprint density at radius 3 is 0.950 bits per heavy atom. The molecule has 10 heteroatoms. The molecule has 0 aromatic rings. The van der Waals surface area contributed by atoms with E-state index in [-0.39, 0.29) is 38.4 Å². The van der Waals surface area contributed by atoms with Gasteiger partial charge in [-0.25, -0.2) is 24.0 Å². The lowest BCUT2D eigenvalue weighted by Crippen LogP contribution is -2.38. The Morgan fingerprint density at radius 2 is 0.750 bits per heavy atom. The molecule has 0 fully saturated rings. The van der Waals surface area contributed by atoms with Gasteiger partial charge >= 0.3 is 29.8 Å². The van der Waals surface area contributed by atoms with E-state index < -0.39 is 35.3 Å². The maximum Gasteiger partial charge on any atom is 0.330 e. The fourth-order valence-corrected chi connectivity index (χ4v) is 2.97. The molecule has 0 radical (unpaired) electrons. The normalized spacial score (nSPS) is 10.4. The first kappa shape index (κ1) is 38.2. The highest BCUT2D eigenvalue weighted by atomic mass is 16.6. The van der Waals surface area contributed by atoms with Gasteiger partial charge in [0.15, 0.2) is 0 Å². The van der Waals surface area contributed by atoms with Gasteiger partial charge in [-0.15, -0.1) is 0 Å². The van der Waals surface area contributed by atoms with Crippen molar-refractivity contribution in [3.63, 3.8) is 0 Å². The van der Waals surface area contributed by atoms with E-state index in [2.05, 4.69) is 39.8 Å². The SMILES string of the molecule is C=CC(=O)OCC(CC)(CCCC)COC(=O)C=C.C=CC(=O)OCC(CC)(COC(=O)C=C)COC(=O)C=C. The van der Waals surface area contributed by atoms with Crippen LogP contribution in [0.2, 0.25) is 0 Å². The summed E-state index contributed by atoms with van der Waals surface area (Å²) in [6.45, 7) is 22.7. The standard InChI is InChI=1S/C15H20O6.C15H24O4/c1-5-12(16)19-9-15(8-4,10-20-13(17)6-2)11-21-14(18)7-3;1-5-9-10-15(8-4,11-18-13(16)6-2)12-19-14(17)7-3/h5-7H,1-3,8-11H2,4H3;6-7H,2-3,5,8-12H2,1,4H3. The summed E-state index contributed by atoms with van der Waals surface area (Å²) in [6, 6.07) is 0. The summed E-state index contributed by atoms with van der Waals surface area (Å²) in [5.74, 6) is -2.75. The van der Waals surface area contributed by atoms with E-state index in [4.69, 9.17) is 23.7 Å². The van der Waals surface area contributed by atoms with Gasteiger partial charge in [0.2, 0.25) is 0 Å². The summed E-state index contributed by atoms with van der Waals surface area (Å²) in [6.07, 6.45) is 9.41. The Bertz CT molecular complexity index is 803. The van der Waals surface area contributed by atoms with E-state index in [1.165, 1.54) is 0 Å². The second-order valence-corrected chi connectivity index (χ2v) is 8.87. The molecule has 0 saturated heterocycles. The number of esters is 5. The van der Waals surface area contributed by atoms with Crippen molar-refractivity contribution in [2.75, 3.05) is 33.0 Å². The van der Waals surface area contributed by atoms with E-state index >= 15 is 0 Å². The van der Waals surface area contributed by atoms with Crippen LogP contribution in [-0.2, 0) is 47.7 Å². The lowest BCUT2D eigenvalue weighted by Gasteiger charge is -2.31. The van der Waals surface area contributed by atoms with Crippen molar-refractivity contribution in [1.29, 1.82) is 0 Å². The average molecular weight is 565 g/mol. The van der Waals surface area contributed by atoms with Gasteiger partial charge in [0, 0.05) is 35.8 Å². The van der Waals surface area contributed by atoms with Crippen LogP contribution >= 0.6 is 0 Å². The molecule has 40 heavy (non-hydrogen) atoms. The maximum atomic E-state index is 11.2. The molecule has 10 nitrogen and oxygen atoms in total. The lowest BCUT2D eigenvalue weighted by atomic mass is 9.81. The van der Waals surface area contributed by atoms with Crippen LogP contribution in [0, 0.1) is 10.8 Å². The zero-order valence-corrected chi connectivity index (χ0v) is 24.1. The summed E-state index contributed by atoms with van der Waals surface area (Å²) in [5, 5.41) is 0. The second kappa shape index (κ2) is 21.9. The quantitative estimate of drug-likeness (QED) is 0.117. The van der Waals surface area contributed by atoms with Gasteiger partial charge in [-0.2, -0.15) is 0 Å². The van der Waals surface area contributed by atoms with Crippen molar-refractivity contribution in [2.45, 2.75) is 52.9 Å². The molecule has 0 rings (SSSR count). The lowest BCUT2D eigenvalue weighted by molar-refractivity contribution is -0.156. The summed E-state index contributed by atoms with van der Waals surface area (Å²) in [7, 11) is 0. The minimum Gasteiger partial charge on any atom is -0.462 e. The van der Waals surface area contributed by atoms with Gasteiger partial charge in [0.1, 0.15) is 33.0 Å². The van der Waals surface area contributed by atoms with E-state index in [1.54, 1.807) is 6.92 Å². The largest absolute Gasteiger partial charge is 0.462 e. The van der Waals surface area contributed by atoms with E-state index in [9.17, 15) is 24.0 Å². The molecule has 224 valence electrons. The predicted molar refractivity (Wildman–Crippen MR) is 151 cm³/mol. The van der Waals surface area contributed by atoms with Crippen molar-refractivity contribution in [3.05, 3.63) is 63.3 Å². The van der Waals surface area contributed by atoms with Crippen LogP contribution in [0.3, 0.4) is 0 Å². The van der Waals surface area contributed by atoms with Crippen LogP contribution in [0.1, 0.15) is 52.9 Å². The molecule has 0 bridgehead atoms. The molecular formula is C30H44O10. The molecule has 0 aliphatic rings. The highest BCUT2D eigenvalue weighted by molar-refractivity contribution is 5.82. The molecule has 0 spiro atoms. The third kappa shape index (κ3) is 16.8. The van der Waals surface area contributed by atoms with Crippen LogP contribution in [-0.4, -0.2) is 62.9 Å². The molecular weight excluding hydrogens is 520 g/mol. The number of hydrogen-bond donors (Lipinski definition) is 0. The zero-order valence-electron chi connectivity index (χ0n) is 24.1. The molecule has 0 unspecified atom stereocenters. The summed E-state index contributed by atoms with van der Waals surface area (Å²) in [4.78, 5) is 55.9. The summed E-state index contributed by atoms with van der Waals surface area (Å²) in [5.41, 5.74) is -1.16. The average Bonchev–Trinajstić information content (AvgIpc) is 2.99. The fourth-order valence-electron chi connectivity index (χ4n) is 2.97. The maximum absolute atomic E-state index is 11.2. The topological polar surface area (TPSA) is 132 Å². The van der Waals surface area contributed by atoms with Crippen molar-refractivity contribution in [3.8, 4) is 0 Å². The molecule has 0 atom stereocenters. The molecule has 0 amide bonds. The minimum absolute atomic E-state index is 0.0802. The van der Waals surface area contributed by atoms with E-state index in [0.29, 0.717) is 6.42 Å². The summed E-state index contributed by atoms with van der Waals surface area (Å²) >= 11 is 0. The van der Waals surface area contributed by atoms with Crippen molar-refractivity contribution in [2.24, 2.45) is 10.8 Å². The molecule has 0 saturated carbocycles. The fraction of sp³-hybridized carbons (Fsp3) is 0.500. The van der Waals surface area contributed by atoms with E-state index in [0.717, 1.165) is 56.1 Å². The second-order valence-electron chi connectivity index (χ2n) is 8.87. The van der Waals surface area contributed by atoms with Crippen molar-refractivity contribution < 1.29 is 47.7 Å².